The van der Waals surface area contributed by atoms with Gasteiger partial charge in [0.1, 0.15) is 6.04 Å². The van der Waals surface area contributed by atoms with Crippen LogP contribution >= 0.6 is 0 Å². The number of hydrogen-bond acceptors (Lipinski definition) is 3. The lowest BCUT2D eigenvalue weighted by atomic mass is 10.1. The third-order valence-corrected chi connectivity index (χ3v) is 4.62. The van der Waals surface area contributed by atoms with Crippen molar-refractivity contribution in [1.82, 2.24) is 15.5 Å². The van der Waals surface area contributed by atoms with Crippen LogP contribution in [0.2, 0.25) is 0 Å². The van der Waals surface area contributed by atoms with Crippen molar-refractivity contribution in [2.24, 2.45) is 5.92 Å². The molecule has 1 heterocycles. The summed E-state index contributed by atoms with van der Waals surface area (Å²) in [6.45, 7) is 3.38. The van der Waals surface area contributed by atoms with Crippen LogP contribution in [0.15, 0.2) is 0 Å². The zero-order chi connectivity index (χ0) is 14.5. The van der Waals surface area contributed by atoms with Crippen LogP contribution in [0.4, 0.5) is 0 Å². The Hall–Kier alpha value is -1.10. The van der Waals surface area contributed by atoms with E-state index < -0.39 is 0 Å². The highest BCUT2D eigenvalue weighted by atomic mass is 16.2. The summed E-state index contributed by atoms with van der Waals surface area (Å²) in [5, 5.41) is 6.05. The van der Waals surface area contributed by atoms with E-state index >= 15 is 0 Å². The van der Waals surface area contributed by atoms with E-state index in [0.717, 1.165) is 45.1 Å². The monoisotopic (exact) mass is 281 g/mol. The Balaban J connectivity index is 1.89. The fourth-order valence-corrected chi connectivity index (χ4v) is 3.18. The second-order valence-corrected chi connectivity index (χ2v) is 6.11. The molecule has 0 aromatic carbocycles. The van der Waals surface area contributed by atoms with Gasteiger partial charge in [0.15, 0.2) is 0 Å². The number of likely N-dealkylation sites (tertiary alicyclic amines) is 1. The van der Waals surface area contributed by atoms with E-state index in [-0.39, 0.29) is 29.8 Å². The second-order valence-electron chi connectivity index (χ2n) is 6.11. The number of likely N-dealkylation sites (N-methyl/N-ethyl adjacent to an activating group) is 1. The van der Waals surface area contributed by atoms with Gasteiger partial charge in [-0.15, -0.1) is 0 Å². The van der Waals surface area contributed by atoms with Gasteiger partial charge in [0.2, 0.25) is 11.8 Å². The second kappa shape index (κ2) is 7.07. The smallest absolute Gasteiger partial charge is 0.242 e. The Kier molecular flexibility index (Phi) is 5.40. The summed E-state index contributed by atoms with van der Waals surface area (Å²) in [4.78, 5) is 26.6. The molecule has 20 heavy (non-hydrogen) atoms. The number of nitrogens with one attached hydrogen (secondary N) is 2. The van der Waals surface area contributed by atoms with E-state index in [1.54, 1.807) is 0 Å². The van der Waals surface area contributed by atoms with Gasteiger partial charge in [-0.25, -0.2) is 0 Å². The first-order valence-electron chi connectivity index (χ1n) is 7.89. The van der Waals surface area contributed by atoms with Crippen molar-refractivity contribution in [3.63, 3.8) is 0 Å². The van der Waals surface area contributed by atoms with Crippen LogP contribution in [0, 0.1) is 5.92 Å². The Bertz CT molecular complexity index is 353. The first kappa shape index (κ1) is 15.3. The third-order valence-electron chi connectivity index (χ3n) is 4.62. The molecule has 2 fully saturated rings. The molecular weight excluding hydrogens is 254 g/mol. The number of carbonyl (C=O) groups is 2. The van der Waals surface area contributed by atoms with Gasteiger partial charge in [0.25, 0.3) is 0 Å². The van der Waals surface area contributed by atoms with Crippen LogP contribution in [0.25, 0.3) is 0 Å². The van der Waals surface area contributed by atoms with Crippen LogP contribution < -0.4 is 10.6 Å². The van der Waals surface area contributed by atoms with Crippen LogP contribution in [0.3, 0.4) is 0 Å². The molecule has 0 aromatic rings. The highest BCUT2D eigenvalue weighted by molar-refractivity contribution is 5.89. The van der Waals surface area contributed by atoms with Crippen molar-refractivity contribution in [2.45, 2.75) is 57.5 Å². The molecule has 2 unspecified atom stereocenters. The van der Waals surface area contributed by atoms with Gasteiger partial charge in [0, 0.05) is 25.0 Å². The Morgan fingerprint density at radius 1 is 1.20 bits per heavy atom. The standard InChI is InChI=1S/C15H27N3O2/c1-11(16-2)10-17-14(19)13-8-5-9-18(13)15(20)12-6-3-4-7-12/h11-13,16H,3-10H2,1-2H3,(H,17,19). The quantitative estimate of drug-likeness (QED) is 0.787. The SMILES string of the molecule is CNC(C)CNC(=O)C1CCCN1C(=O)C1CCCC1. The number of rotatable bonds is 5. The molecule has 2 N–H and O–H groups in total. The summed E-state index contributed by atoms with van der Waals surface area (Å²) in [6, 6.07) is 0.00601. The average Bonchev–Trinajstić information content (AvgIpc) is 3.13. The number of carbonyl (C=O) groups excluding carboxylic acids is 2. The Labute approximate surface area is 121 Å². The van der Waals surface area contributed by atoms with Crippen LogP contribution in [0.1, 0.15) is 45.4 Å². The third kappa shape index (κ3) is 3.51. The summed E-state index contributed by atoms with van der Waals surface area (Å²) in [6.07, 6.45) is 6.05. The van der Waals surface area contributed by atoms with Crippen molar-refractivity contribution in [3.8, 4) is 0 Å². The summed E-state index contributed by atoms with van der Waals surface area (Å²) < 4.78 is 0. The van der Waals surface area contributed by atoms with Crippen molar-refractivity contribution >= 4 is 11.8 Å². The molecule has 1 aliphatic heterocycles. The molecular formula is C15H27N3O2. The first-order valence-corrected chi connectivity index (χ1v) is 7.89. The molecule has 5 heteroatoms. The lowest BCUT2D eigenvalue weighted by Gasteiger charge is -2.27. The zero-order valence-electron chi connectivity index (χ0n) is 12.7. The molecule has 0 radical (unpaired) electrons. The van der Waals surface area contributed by atoms with Crippen molar-refractivity contribution in [3.05, 3.63) is 0 Å². The van der Waals surface area contributed by atoms with E-state index in [1.807, 2.05) is 18.9 Å². The largest absolute Gasteiger partial charge is 0.353 e. The molecule has 2 atom stereocenters. The molecule has 5 nitrogen and oxygen atoms in total. The van der Waals surface area contributed by atoms with Gasteiger partial charge in [-0.2, -0.15) is 0 Å². The fourth-order valence-electron chi connectivity index (χ4n) is 3.18. The van der Waals surface area contributed by atoms with Gasteiger partial charge in [-0.1, -0.05) is 12.8 Å². The van der Waals surface area contributed by atoms with E-state index in [9.17, 15) is 9.59 Å². The number of nitrogens with zero attached hydrogens (tertiary/aromatic N) is 1. The molecule has 2 rings (SSSR count). The van der Waals surface area contributed by atoms with E-state index in [4.69, 9.17) is 0 Å². The highest BCUT2D eigenvalue weighted by Crippen LogP contribution is 2.29. The minimum Gasteiger partial charge on any atom is -0.353 e. The van der Waals surface area contributed by atoms with Crippen LogP contribution in [-0.4, -0.2) is 48.9 Å². The lowest BCUT2D eigenvalue weighted by Crippen LogP contribution is -2.49. The minimum absolute atomic E-state index is 0.0101. The molecule has 0 aromatic heterocycles. The lowest BCUT2D eigenvalue weighted by molar-refractivity contribution is -0.141. The molecule has 0 bridgehead atoms. The topological polar surface area (TPSA) is 61.4 Å². The Morgan fingerprint density at radius 2 is 1.90 bits per heavy atom. The summed E-state index contributed by atoms with van der Waals surface area (Å²) in [7, 11) is 1.88. The van der Waals surface area contributed by atoms with Gasteiger partial charge in [0.05, 0.1) is 0 Å². The Morgan fingerprint density at radius 3 is 2.55 bits per heavy atom. The molecule has 114 valence electrons. The molecule has 2 amide bonds. The van der Waals surface area contributed by atoms with Gasteiger partial charge in [-0.05, 0) is 39.7 Å². The van der Waals surface area contributed by atoms with Gasteiger partial charge < -0.3 is 15.5 Å². The molecule has 1 saturated heterocycles. The van der Waals surface area contributed by atoms with Crippen LogP contribution in [-0.2, 0) is 9.59 Å². The van der Waals surface area contributed by atoms with Gasteiger partial charge in [-0.3, -0.25) is 9.59 Å². The zero-order valence-corrected chi connectivity index (χ0v) is 12.7. The summed E-state index contributed by atoms with van der Waals surface area (Å²) in [5.41, 5.74) is 0. The van der Waals surface area contributed by atoms with E-state index in [1.165, 1.54) is 0 Å². The predicted molar refractivity (Wildman–Crippen MR) is 78.2 cm³/mol. The van der Waals surface area contributed by atoms with E-state index in [2.05, 4.69) is 10.6 Å². The summed E-state index contributed by atoms with van der Waals surface area (Å²) >= 11 is 0. The maximum absolute atomic E-state index is 12.5. The molecule has 0 spiro atoms. The fraction of sp³-hybridized carbons (Fsp3) is 0.867. The normalized spacial score (nSPS) is 24.9. The predicted octanol–water partition coefficient (Wildman–Crippen LogP) is 0.892. The summed E-state index contributed by atoms with van der Waals surface area (Å²) in [5.74, 6) is 0.386. The molecule has 1 aliphatic carbocycles. The average molecular weight is 281 g/mol. The molecule has 2 aliphatic rings. The van der Waals surface area contributed by atoms with Gasteiger partial charge >= 0.3 is 0 Å². The first-order chi connectivity index (χ1) is 9.63. The number of amides is 2. The van der Waals surface area contributed by atoms with Crippen molar-refractivity contribution in [1.29, 1.82) is 0 Å². The maximum atomic E-state index is 12.5. The van der Waals surface area contributed by atoms with Crippen molar-refractivity contribution < 1.29 is 9.59 Å². The maximum Gasteiger partial charge on any atom is 0.242 e. The molecule has 1 saturated carbocycles. The van der Waals surface area contributed by atoms with Crippen molar-refractivity contribution in [2.75, 3.05) is 20.1 Å². The highest BCUT2D eigenvalue weighted by Gasteiger charge is 2.37. The van der Waals surface area contributed by atoms with Crippen LogP contribution in [0.5, 0.6) is 0 Å². The van der Waals surface area contributed by atoms with E-state index in [0.29, 0.717) is 6.54 Å². The number of hydrogen-bond donors (Lipinski definition) is 2. The minimum atomic E-state index is -0.243.